The Balaban J connectivity index is 1.49. The highest BCUT2D eigenvalue weighted by molar-refractivity contribution is 6.33. The highest BCUT2D eigenvalue weighted by Crippen LogP contribution is 2.31. The molecule has 2 fully saturated rings. The standard InChI is InChI=1S/C22H27ClFN5O3/c23-17-12-27-20(29-22(30)15-11-25-5-8-32-13-15)9-16(17)21-18(24)1-2-19(28-21)26-10-14-3-6-31-7-4-14/h1-2,9,12,14-15,25H,3-8,10-11,13H2,(H,26,28)(H,27,29,30)/t15-/m0/s1. The minimum Gasteiger partial charge on any atom is -0.381 e. The molecule has 2 aliphatic rings. The van der Waals surface area contributed by atoms with Gasteiger partial charge in [-0.15, -0.1) is 0 Å². The molecule has 1 atom stereocenters. The summed E-state index contributed by atoms with van der Waals surface area (Å²) >= 11 is 6.31. The summed E-state index contributed by atoms with van der Waals surface area (Å²) in [5, 5.41) is 9.46. The van der Waals surface area contributed by atoms with Crippen molar-refractivity contribution in [1.29, 1.82) is 0 Å². The molecule has 0 bridgehead atoms. The number of nitrogens with one attached hydrogen (secondary N) is 3. The summed E-state index contributed by atoms with van der Waals surface area (Å²) in [7, 11) is 0. The molecule has 4 rings (SSSR count). The summed E-state index contributed by atoms with van der Waals surface area (Å²) in [5.41, 5.74) is 0.462. The van der Waals surface area contributed by atoms with E-state index in [1.165, 1.54) is 12.3 Å². The second-order valence-electron chi connectivity index (χ2n) is 7.98. The minimum absolute atomic E-state index is 0.101. The SMILES string of the molecule is O=C(Nc1cc(-c2nc(NCC3CCOCC3)ccc2F)c(Cl)cn1)[C@H]1CNCCOC1. The average molecular weight is 464 g/mol. The molecule has 0 spiro atoms. The van der Waals surface area contributed by atoms with Crippen molar-refractivity contribution in [2.75, 3.05) is 56.7 Å². The molecule has 8 nitrogen and oxygen atoms in total. The van der Waals surface area contributed by atoms with Gasteiger partial charge in [0.25, 0.3) is 0 Å². The van der Waals surface area contributed by atoms with Gasteiger partial charge in [-0.2, -0.15) is 0 Å². The maximum absolute atomic E-state index is 14.7. The van der Waals surface area contributed by atoms with Crippen molar-refractivity contribution in [3.8, 4) is 11.3 Å². The number of amides is 1. The third-order valence-electron chi connectivity index (χ3n) is 5.62. The highest BCUT2D eigenvalue weighted by atomic mass is 35.5. The third kappa shape index (κ3) is 5.92. The van der Waals surface area contributed by atoms with E-state index in [4.69, 9.17) is 21.1 Å². The fourth-order valence-electron chi connectivity index (χ4n) is 3.72. The van der Waals surface area contributed by atoms with Gasteiger partial charge in [0.15, 0.2) is 0 Å². The molecule has 0 unspecified atom stereocenters. The molecule has 10 heteroatoms. The molecule has 1 amide bonds. The fourth-order valence-corrected chi connectivity index (χ4v) is 3.91. The Morgan fingerprint density at radius 3 is 2.91 bits per heavy atom. The van der Waals surface area contributed by atoms with Gasteiger partial charge in [-0.3, -0.25) is 4.79 Å². The maximum atomic E-state index is 14.7. The van der Waals surface area contributed by atoms with Crippen molar-refractivity contribution < 1.29 is 18.7 Å². The molecule has 0 radical (unpaired) electrons. The Morgan fingerprint density at radius 1 is 1.22 bits per heavy atom. The number of carbonyl (C=O) groups excluding carboxylic acids is 1. The average Bonchev–Trinajstić information content (AvgIpc) is 3.10. The molecule has 0 saturated carbocycles. The van der Waals surface area contributed by atoms with Gasteiger partial charge in [0.05, 0.1) is 24.2 Å². The van der Waals surface area contributed by atoms with Gasteiger partial charge in [0.2, 0.25) is 5.91 Å². The van der Waals surface area contributed by atoms with Crippen molar-refractivity contribution >= 4 is 29.1 Å². The monoisotopic (exact) mass is 463 g/mol. The van der Waals surface area contributed by atoms with Crippen LogP contribution < -0.4 is 16.0 Å². The second kappa shape index (κ2) is 11.0. The van der Waals surface area contributed by atoms with Gasteiger partial charge >= 0.3 is 0 Å². The number of carbonyl (C=O) groups is 1. The van der Waals surface area contributed by atoms with Gasteiger partial charge < -0.3 is 25.4 Å². The first-order valence-corrected chi connectivity index (χ1v) is 11.2. The number of hydrogen-bond donors (Lipinski definition) is 3. The number of pyridine rings is 2. The summed E-state index contributed by atoms with van der Waals surface area (Å²) in [5.74, 6) is 0.265. The number of hydrogen-bond acceptors (Lipinski definition) is 7. The van der Waals surface area contributed by atoms with Crippen LogP contribution in [0.3, 0.4) is 0 Å². The molecule has 2 aromatic heterocycles. The van der Waals surface area contributed by atoms with Crippen LogP contribution in [-0.4, -0.2) is 61.9 Å². The van der Waals surface area contributed by atoms with Gasteiger partial charge in [-0.1, -0.05) is 11.6 Å². The van der Waals surface area contributed by atoms with Crippen LogP contribution in [0.4, 0.5) is 16.0 Å². The van der Waals surface area contributed by atoms with Crippen molar-refractivity contribution in [2.45, 2.75) is 12.8 Å². The molecule has 3 N–H and O–H groups in total. The lowest BCUT2D eigenvalue weighted by atomic mass is 10.0. The number of rotatable bonds is 6. The fraction of sp³-hybridized carbons (Fsp3) is 0.500. The van der Waals surface area contributed by atoms with Crippen LogP contribution in [0.25, 0.3) is 11.3 Å². The molecular weight excluding hydrogens is 437 g/mol. The van der Waals surface area contributed by atoms with Crippen LogP contribution >= 0.6 is 11.6 Å². The van der Waals surface area contributed by atoms with E-state index < -0.39 is 5.82 Å². The Bertz CT molecular complexity index is 934. The lowest BCUT2D eigenvalue weighted by Gasteiger charge is -2.22. The zero-order chi connectivity index (χ0) is 22.3. The van der Waals surface area contributed by atoms with Crippen LogP contribution in [0.2, 0.25) is 5.02 Å². The molecule has 2 aliphatic heterocycles. The Labute approximate surface area is 191 Å². The van der Waals surface area contributed by atoms with Crippen molar-refractivity contribution in [3.05, 3.63) is 35.2 Å². The van der Waals surface area contributed by atoms with Crippen LogP contribution in [0.1, 0.15) is 12.8 Å². The molecule has 172 valence electrons. The zero-order valence-corrected chi connectivity index (χ0v) is 18.5. The van der Waals surface area contributed by atoms with Gasteiger partial charge in [0.1, 0.15) is 23.1 Å². The minimum atomic E-state index is -0.506. The summed E-state index contributed by atoms with van der Waals surface area (Å²) < 4.78 is 25.5. The van der Waals surface area contributed by atoms with Crippen molar-refractivity contribution in [1.82, 2.24) is 15.3 Å². The van der Waals surface area contributed by atoms with E-state index in [2.05, 4.69) is 25.9 Å². The predicted octanol–water partition coefficient (Wildman–Crippen LogP) is 2.95. The van der Waals surface area contributed by atoms with Gasteiger partial charge in [-0.25, -0.2) is 14.4 Å². The maximum Gasteiger partial charge on any atom is 0.232 e. The van der Waals surface area contributed by atoms with E-state index in [1.54, 1.807) is 12.1 Å². The van der Waals surface area contributed by atoms with Crippen LogP contribution in [0, 0.1) is 17.7 Å². The van der Waals surface area contributed by atoms with E-state index in [1.807, 2.05) is 0 Å². The first-order chi connectivity index (χ1) is 15.6. The summed E-state index contributed by atoms with van der Waals surface area (Å²) in [6.45, 7) is 4.38. The summed E-state index contributed by atoms with van der Waals surface area (Å²) in [6, 6.07) is 4.51. The molecule has 32 heavy (non-hydrogen) atoms. The second-order valence-corrected chi connectivity index (χ2v) is 8.39. The lowest BCUT2D eigenvalue weighted by molar-refractivity contribution is -0.121. The Hall–Kier alpha value is -2.33. The molecule has 4 heterocycles. The van der Waals surface area contributed by atoms with E-state index in [9.17, 15) is 9.18 Å². The van der Waals surface area contributed by atoms with Crippen LogP contribution in [0.15, 0.2) is 24.4 Å². The van der Waals surface area contributed by atoms with E-state index in [0.29, 0.717) is 43.6 Å². The number of anilines is 2. The van der Waals surface area contributed by atoms with Gasteiger partial charge in [-0.05, 0) is 37.0 Å². The number of halogens is 2. The summed E-state index contributed by atoms with van der Waals surface area (Å²) in [6.07, 6.45) is 3.36. The number of aromatic nitrogens is 2. The largest absolute Gasteiger partial charge is 0.381 e. The Kier molecular flexibility index (Phi) is 7.85. The first kappa shape index (κ1) is 22.8. The molecular formula is C22H27ClFN5O3. The topological polar surface area (TPSA) is 97.4 Å². The quantitative estimate of drug-likeness (QED) is 0.606. The predicted molar refractivity (Wildman–Crippen MR) is 120 cm³/mol. The molecule has 0 aromatic carbocycles. The lowest BCUT2D eigenvalue weighted by Crippen LogP contribution is -2.33. The number of nitrogens with zero attached hydrogens (tertiary/aromatic N) is 2. The number of ether oxygens (including phenoxy) is 2. The van der Waals surface area contributed by atoms with E-state index >= 15 is 0 Å². The third-order valence-corrected chi connectivity index (χ3v) is 5.93. The van der Waals surface area contributed by atoms with Crippen molar-refractivity contribution in [3.63, 3.8) is 0 Å². The molecule has 2 aromatic rings. The van der Waals surface area contributed by atoms with Crippen molar-refractivity contribution in [2.24, 2.45) is 11.8 Å². The zero-order valence-electron chi connectivity index (χ0n) is 17.7. The first-order valence-electron chi connectivity index (χ1n) is 10.8. The molecule has 0 aliphatic carbocycles. The molecule has 2 saturated heterocycles. The Morgan fingerprint density at radius 2 is 2.06 bits per heavy atom. The van der Waals surface area contributed by atoms with Crippen LogP contribution in [-0.2, 0) is 14.3 Å². The van der Waals surface area contributed by atoms with Crippen LogP contribution in [0.5, 0.6) is 0 Å². The highest BCUT2D eigenvalue weighted by Gasteiger charge is 2.22. The van der Waals surface area contributed by atoms with Gasteiger partial charge in [0, 0.05) is 44.6 Å². The normalized spacial score (nSPS) is 19.9. The van der Waals surface area contributed by atoms with E-state index in [-0.39, 0.29) is 28.4 Å². The van der Waals surface area contributed by atoms with E-state index in [0.717, 1.165) is 32.6 Å². The summed E-state index contributed by atoms with van der Waals surface area (Å²) in [4.78, 5) is 21.2. The smallest absolute Gasteiger partial charge is 0.232 e.